The molecule has 0 aliphatic heterocycles. The summed E-state index contributed by atoms with van der Waals surface area (Å²) in [6.45, 7) is 6.74. The summed E-state index contributed by atoms with van der Waals surface area (Å²) in [5, 5.41) is 0. The maximum atomic E-state index is 6.05. The number of methoxy groups -OCH3 is 1. The van der Waals surface area contributed by atoms with E-state index in [1.54, 1.807) is 7.11 Å². The standard InChI is InChI=1S/C16H26N2O/c1-12-4-5-14(10-13(12)2)16(11-17)18(8-9-19-3)15-6-7-15/h4-5,10,15-16H,6-9,11,17H2,1-3H3. The molecule has 1 atom stereocenters. The topological polar surface area (TPSA) is 38.5 Å². The van der Waals surface area contributed by atoms with Crippen molar-refractivity contribution in [2.45, 2.75) is 38.8 Å². The fourth-order valence-corrected chi connectivity index (χ4v) is 2.63. The monoisotopic (exact) mass is 262 g/mol. The van der Waals surface area contributed by atoms with Crippen LogP contribution in [0.15, 0.2) is 18.2 Å². The molecule has 1 saturated carbocycles. The Bertz CT molecular complexity index is 415. The van der Waals surface area contributed by atoms with Gasteiger partial charge in [0.1, 0.15) is 0 Å². The molecule has 1 fully saturated rings. The van der Waals surface area contributed by atoms with Gasteiger partial charge in [0.05, 0.1) is 6.61 Å². The van der Waals surface area contributed by atoms with Crippen LogP contribution in [0.5, 0.6) is 0 Å². The van der Waals surface area contributed by atoms with Gasteiger partial charge in [0.25, 0.3) is 0 Å². The van der Waals surface area contributed by atoms with Crippen molar-refractivity contribution >= 4 is 0 Å². The van der Waals surface area contributed by atoms with Gasteiger partial charge in [-0.2, -0.15) is 0 Å². The molecule has 19 heavy (non-hydrogen) atoms. The van der Waals surface area contributed by atoms with Gasteiger partial charge in [0, 0.05) is 32.3 Å². The smallest absolute Gasteiger partial charge is 0.0590 e. The van der Waals surface area contributed by atoms with Crippen LogP contribution in [0.2, 0.25) is 0 Å². The summed E-state index contributed by atoms with van der Waals surface area (Å²) in [5.41, 5.74) is 10.1. The Kier molecular flexibility index (Phi) is 4.97. The molecule has 0 heterocycles. The van der Waals surface area contributed by atoms with Crippen molar-refractivity contribution < 1.29 is 4.74 Å². The average molecular weight is 262 g/mol. The number of hydrogen-bond donors (Lipinski definition) is 1. The summed E-state index contributed by atoms with van der Waals surface area (Å²) in [6, 6.07) is 7.73. The van der Waals surface area contributed by atoms with Crippen molar-refractivity contribution in [3.63, 3.8) is 0 Å². The van der Waals surface area contributed by atoms with Gasteiger partial charge in [-0.3, -0.25) is 4.90 Å². The van der Waals surface area contributed by atoms with E-state index >= 15 is 0 Å². The van der Waals surface area contributed by atoms with Crippen molar-refractivity contribution in [3.8, 4) is 0 Å². The number of benzene rings is 1. The first-order chi connectivity index (χ1) is 9.17. The van der Waals surface area contributed by atoms with Gasteiger partial charge in [-0.05, 0) is 43.4 Å². The zero-order valence-corrected chi connectivity index (χ0v) is 12.4. The van der Waals surface area contributed by atoms with Gasteiger partial charge < -0.3 is 10.5 Å². The molecule has 0 aromatic heterocycles. The molecule has 0 spiro atoms. The Labute approximate surface area is 116 Å². The van der Waals surface area contributed by atoms with E-state index in [4.69, 9.17) is 10.5 Å². The van der Waals surface area contributed by atoms with Gasteiger partial charge >= 0.3 is 0 Å². The second-order valence-corrected chi connectivity index (χ2v) is 5.56. The zero-order valence-electron chi connectivity index (χ0n) is 12.4. The van der Waals surface area contributed by atoms with E-state index in [0.29, 0.717) is 18.6 Å². The van der Waals surface area contributed by atoms with Crippen LogP contribution in [0.25, 0.3) is 0 Å². The quantitative estimate of drug-likeness (QED) is 0.820. The summed E-state index contributed by atoms with van der Waals surface area (Å²) >= 11 is 0. The lowest BCUT2D eigenvalue weighted by Gasteiger charge is -2.31. The van der Waals surface area contributed by atoms with E-state index in [-0.39, 0.29) is 0 Å². The highest BCUT2D eigenvalue weighted by molar-refractivity contribution is 5.32. The number of nitrogens with zero attached hydrogens (tertiary/aromatic N) is 1. The number of aryl methyl sites for hydroxylation is 2. The maximum Gasteiger partial charge on any atom is 0.0590 e. The highest BCUT2D eigenvalue weighted by Crippen LogP contribution is 2.34. The molecule has 2 rings (SSSR count). The number of ether oxygens (including phenoxy) is 1. The van der Waals surface area contributed by atoms with Crippen LogP contribution in [0.1, 0.15) is 35.6 Å². The molecular formula is C16H26N2O. The Morgan fingerprint density at radius 2 is 2.05 bits per heavy atom. The summed E-state index contributed by atoms with van der Waals surface area (Å²) in [7, 11) is 1.76. The van der Waals surface area contributed by atoms with E-state index in [1.165, 1.54) is 29.5 Å². The summed E-state index contributed by atoms with van der Waals surface area (Å²) in [5.74, 6) is 0. The molecule has 0 amide bonds. The minimum absolute atomic E-state index is 0.321. The fourth-order valence-electron chi connectivity index (χ4n) is 2.63. The predicted molar refractivity (Wildman–Crippen MR) is 79.3 cm³/mol. The first kappa shape index (κ1) is 14.5. The summed E-state index contributed by atoms with van der Waals surface area (Å²) in [6.07, 6.45) is 2.59. The lowest BCUT2D eigenvalue weighted by atomic mass is 9.99. The molecule has 0 radical (unpaired) electrons. The van der Waals surface area contributed by atoms with Crippen molar-refractivity contribution in [1.82, 2.24) is 4.90 Å². The molecule has 1 aromatic carbocycles. The summed E-state index contributed by atoms with van der Waals surface area (Å²) in [4.78, 5) is 2.52. The zero-order chi connectivity index (χ0) is 13.8. The van der Waals surface area contributed by atoms with Gasteiger partial charge in [0.15, 0.2) is 0 Å². The highest BCUT2D eigenvalue weighted by Gasteiger charge is 2.33. The lowest BCUT2D eigenvalue weighted by Crippen LogP contribution is -2.37. The normalized spacial score (nSPS) is 16.9. The second kappa shape index (κ2) is 6.51. The first-order valence-electron chi connectivity index (χ1n) is 7.19. The van der Waals surface area contributed by atoms with Crippen LogP contribution in [0.4, 0.5) is 0 Å². The number of nitrogens with two attached hydrogens (primary N) is 1. The van der Waals surface area contributed by atoms with Crippen LogP contribution >= 0.6 is 0 Å². The molecule has 1 aromatic rings. The largest absolute Gasteiger partial charge is 0.383 e. The van der Waals surface area contributed by atoms with Crippen molar-refractivity contribution in [1.29, 1.82) is 0 Å². The Morgan fingerprint density at radius 3 is 2.58 bits per heavy atom. The molecule has 2 N–H and O–H groups in total. The van der Waals surface area contributed by atoms with Crippen molar-refractivity contribution in [2.75, 3.05) is 26.8 Å². The molecule has 1 unspecified atom stereocenters. The molecule has 0 bridgehead atoms. The van der Waals surface area contributed by atoms with Crippen LogP contribution in [0.3, 0.4) is 0 Å². The van der Waals surface area contributed by atoms with Crippen molar-refractivity contribution in [2.24, 2.45) is 5.73 Å². The van der Waals surface area contributed by atoms with Crippen LogP contribution < -0.4 is 5.73 Å². The highest BCUT2D eigenvalue weighted by atomic mass is 16.5. The van der Waals surface area contributed by atoms with E-state index < -0.39 is 0 Å². The Hall–Kier alpha value is -0.900. The molecular weight excluding hydrogens is 236 g/mol. The van der Waals surface area contributed by atoms with Crippen molar-refractivity contribution in [3.05, 3.63) is 34.9 Å². The van der Waals surface area contributed by atoms with E-state index in [1.807, 2.05) is 0 Å². The van der Waals surface area contributed by atoms with Gasteiger partial charge in [-0.1, -0.05) is 18.2 Å². The molecule has 1 aliphatic rings. The molecule has 3 nitrogen and oxygen atoms in total. The first-order valence-corrected chi connectivity index (χ1v) is 7.19. The van der Waals surface area contributed by atoms with E-state index in [2.05, 4.69) is 36.9 Å². The predicted octanol–water partition coefficient (Wildman–Crippen LogP) is 2.41. The molecule has 0 saturated heterocycles. The summed E-state index contributed by atoms with van der Waals surface area (Å²) < 4.78 is 5.24. The second-order valence-electron chi connectivity index (χ2n) is 5.56. The molecule has 1 aliphatic carbocycles. The number of hydrogen-bond acceptors (Lipinski definition) is 3. The lowest BCUT2D eigenvalue weighted by molar-refractivity contribution is 0.115. The Morgan fingerprint density at radius 1 is 1.32 bits per heavy atom. The van der Waals surface area contributed by atoms with Gasteiger partial charge in [0.2, 0.25) is 0 Å². The minimum Gasteiger partial charge on any atom is -0.383 e. The molecule has 3 heteroatoms. The maximum absolute atomic E-state index is 6.05. The average Bonchev–Trinajstić information content (AvgIpc) is 3.22. The Balaban J connectivity index is 2.17. The van der Waals surface area contributed by atoms with Gasteiger partial charge in [-0.25, -0.2) is 0 Å². The van der Waals surface area contributed by atoms with E-state index in [9.17, 15) is 0 Å². The van der Waals surface area contributed by atoms with Crippen LogP contribution in [0, 0.1) is 13.8 Å². The fraction of sp³-hybridized carbons (Fsp3) is 0.625. The third kappa shape index (κ3) is 3.56. The third-order valence-electron chi connectivity index (χ3n) is 4.11. The molecule has 106 valence electrons. The minimum atomic E-state index is 0.321. The SMILES string of the molecule is COCCN(C1CC1)C(CN)c1ccc(C)c(C)c1. The number of rotatable bonds is 7. The third-order valence-corrected chi connectivity index (χ3v) is 4.11. The van der Waals surface area contributed by atoms with Crippen LogP contribution in [-0.4, -0.2) is 37.7 Å². The van der Waals surface area contributed by atoms with Gasteiger partial charge in [-0.15, -0.1) is 0 Å². The van der Waals surface area contributed by atoms with Crippen LogP contribution in [-0.2, 0) is 4.74 Å². The van der Waals surface area contributed by atoms with E-state index in [0.717, 1.165) is 13.2 Å².